The average molecular weight is 236 g/mol. The fourth-order valence-electron chi connectivity index (χ4n) is 2.12. The third-order valence-electron chi connectivity index (χ3n) is 3.40. The van der Waals surface area contributed by atoms with E-state index in [9.17, 15) is 4.79 Å². The molecule has 0 bridgehead atoms. The van der Waals surface area contributed by atoms with Crippen LogP contribution in [0.5, 0.6) is 0 Å². The number of hydrogen-bond donors (Lipinski definition) is 3. The molecule has 1 aliphatic heterocycles. The lowest BCUT2D eigenvalue weighted by atomic mass is 9.82. The van der Waals surface area contributed by atoms with Crippen molar-refractivity contribution < 1.29 is 4.79 Å². The molecule has 0 aromatic carbocycles. The smallest absolute Gasteiger partial charge is 0.232 e. The van der Waals surface area contributed by atoms with E-state index in [1.807, 2.05) is 19.9 Å². The van der Waals surface area contributed by atoms with Crippen LogP contribution in [-0.4, -0.2) is 29.2 Å². The van der Waals surface area contributed by atoms with Gasteiger partial charge >= 0.3 is 0 Å². The summed E-state index contributed by atoms with van der Waals surface area (Å²) in [6.07, 6.45) is 2.86. The first-order valence-electron chi connectivity index (χ1n) is 6.20. The van der Waals surface area contributed by atoms with Crippen molar-refractivity contribution in [3.05, 3.63) is 11.8 Å². The molecule has 94 valence electrons. The van der Waals surface area contributed by atoms with Gasteiger partial charge in [-0.3, -0.25) is 9.89 Å². The summed E-state index contributed by atoms with van der Waals surface area (Å²) >= 11 is 0. The Morgan fingerprint density at radius 2 is 2.47 bits per heavy atom. The van der Waals surface area contributed by atoms with E-state index in [-0.39, 0.29) is 11.3 Å². The van der Waals surface area contributed by atoms with E-state index in [1.165, 1.54) is 0 Å². The molecular weight excluding hydrogens is 216 g/mol. The Balaban J connectivity index is 2.00. The van der Waals surface area contributed by atoms with Gasteiger partial charge in [0.25, 0.3) is 0 Å². The first-order chi connectivity index (χ1) is 8.14. The van der Waals surface area contributed by atoms with Gasteiger partial charge in [0, 0.05) is 18.3 Å². The van der Waals surface area contributed by atoms with E-state index in [2.05, 4.69) is 20.8 Å². The van der Waals surface area contributed by atoms with Gasteiger partial charge in [-0.1, -0.05) is 6.92 Å². The lowest BCUT2D eigenvalue weighted by molar-refractivity contribution is -0.125. The third-order valence-corrected chi connectivity index (χ3v) is 3.40. The predicted octanol–water partition coefficient (Wildman–Crippen LogP) is 1.30. The molecule has 1 amide bonds. The molecule has 0 aliphatic carbocycles. The maximum absolute atomic E-state index is 12.2. The Morgan fingerprint density at radius 3 is 3.06 bits per heavy atom. The predicted molar refractivity (Wildman–Crippen MR) is 66.8 cm³/mol. The molecule has 1 unspecified atom stereocenters. The number of aromatic nitrogens is 2. The lowest BCUT2D eigenvalue weighted by Crippen LogP contribution is -2.46. The number of nitrogens with zero attached hydrogens (tertiary/aromatic N) is 1. The van der Waals surface area contributed by atoms with Crippen LogP contribution in [-0.2, 0) is 11.2 Å². The molecule has 5 heteroatoms. The molecule has 1 aromatic rings. The normalized spacial score (nSPS) is 24.6. The van der Waals surface area contributed by atoms with Crippen molar-refractivity contribution in [2.24, 2.45) is 5.41 Å². The van der Waals surface area contributed by atoms with Crippen LogP contribution in [0.4, 0.5) is 5.82 Å². The summed E-state index contributed by atoms with van der Waals surface area (Å²) in [5, 5.41) is 13.1. The van der Waals surface area contributed by atoms with Crippen LogP contribution < -0.4 is 10.6 Å². The van der Waals surface area contributed by atoms with Gasteiger partial charge in [-0.25, -0.2) is 0 Å². The molecule has 1 atom stereocenters. The van der Waals surface area contributed by atoms with Gasteiger partial charge in [0.1, 0.15) is 0 Å². The molecule has 3 N–H and O–H groups in total. The summed E-state index contributed by atoms with van der Waals surface area (Å²) in [5.74, 6) is 0.678. The summed E-state index contributed by atoms with van der Waals surface area (Å²) in [5.41, 5.74) is 0.719. The number of amides is 1. The van der Waals surface area contributed by atoms with Crippen LogP contribution in [0.2, 0.25) is 0 Å². The molecule has 1 fully saturated rings. The van der Waals surface area contributed by atoms with Crippen LogP contribution in [0.1, 0.15) is 32.4 Å². The summed E-state index contributed by atoms with van der Waals surface area (Å²) in [7, 11) is 0. The number of piperidine rings is 1. The first-order valence-corrected chi connectivity index (χ1v) is 6.20. The van der Waals surface area contributed by atoms with E-state index in [0.717, 1.165) is 38.0 Å². The second kappa shape index (κ2) is 4.87. The van der Waals surface area contributed by atoms with Crippen molar-refractivity contribution in [1.82, 2.24) is 15.5 Å². The molecule has 2 heterocycles. The minimum atomic E-state index is -0.316. The number of carbonyl (C=O) groups is 1. The maximum Gasteiger partial charge on any atom is 0.232 e. The molecule has 0 radical (unpaired) electrons. The van der Waals surface area contributed by atoms with Crippen molar-refractivity contribution in [2.45, 2.75) is 33.1 Å². The summed E-state index contributed by atoms with van der Waals surface area (Å²) in [6.45, 7) is 5.79. The molecule has 0 spiro atoms. The minimum absolute atomic E-state index is 0.0545. The molecule has 2 rings (SSSR count). The minimum Gasteiger partial charge on any atom is -0.316 e. The molecule has 1 aliphatic rings. The van der Waals surface area contributed by atoms with Crippen molar-refractivity contribution >= 4 is 11.7 Å². The topological polar surface area (TPSA) is 69.8 Å². The Bertz CT molecular complexity index is 393. The van der Waals surface area contributed by atoms with E-state index >= 15 is 0 Å². The Morgan fingerprint density at radius 1 is 1.65 bits per heavy atom. The van der Waals surface area contributed by atoms with Crippen LogP contribution in [0, 0.1) is 5.41 Å². The van der Waals surface area contributed by atoms with Gasteiger partial charge in [0.15, 0.2) is 5.82 Å². The van der Waals surface area contributed by atoms with Crippen LogP contribution >= 0.6 is 0 Å². The molecule has 17 heavy (non-hydrogen) atoms. The van der Waals surface area contributed by atoms with Gasteiger partial charge < -0.3 is 10.6 Å². The summed E-state index contributed by atoms with van der Waals surface area (Å²) in [6, 6.07) is 1.89. The standard InChI is InChI=1S/C12H20N4O/c1-3-9-7-10(16-15-9)14-11(17)12(2)5-4-6-13-8-12/h7,13H,3-6,8H2,1-2H3,(H2,14,15,16,17). The fraction of sp³-hybridized carbons (Fsp3) is 0.667. The third kappa shape index (κ3) is 2.66. The lowest BCUT2D eigenvalue weighted by Gasteiger charge is -2.32. The zero-order valence-electron chi connectivity index (χ0n) is 10.5. The SMILES string of the molecule is CCc1cc(NC(=O)C2(C)CCCNC2)n[nH]1. The number of aromatic amines is 1. The van der Waals surface area contributed by atoms with Gasteiger partial charge in [-0.05, 0) is 32.7 Å². The first kappa shape index (κ1) is 12.1. The largest absolute Gasteiger partial charge is 0.316 e. The number of anilines is 1. The molecule has 1 aromatic heterocycles. The molecule has 1 saturated heterocycles. The van der Waals surface area contributed by atoms with Crippen molar-refractivity contribution in [3.63, 3.8) is 0 Å². The highest BCUT2D eigenvalue weighted by atomic mass is 16.2. The van der Waals surface area contributed by atoms with Crippen molar-refractivity contribution in [1.29, 1.82) is 0 Å². The number of aryl methyl sites for hydroxylation is 1. The second-order valence-electron chi connectivity index (χ2n) is 4.93. The maximum atomic E-state index is 12.2. The second-order valence-corrected chi connectivity index (χ2v) is 4.93. The fourth-order valence-corrected chi connectivity index (χ4v) is 2.12. The summed E-state index contributed by atoms with van der Waals surface area (Å²) < 4.78 is 0. The van der Waals surface area contributed by atoms with Crippen LogP contribution in [0.3, 0.4) is 0 Å². The number of hydrogen-bond acceptors (Lipinski definition) is 3. The van der Waals surface area contributed by atoms with E-state index in [0.29, 0.717) is 5.82 Å². The van der Waals surface area contributed by atoms with Gasteiger partial charge in [0.05, 0.1) is 5.41 Å². The van der Waals surface area contributed by atoms with E-state index in [1.54, 1.807) is 0 Å². The van der Waals surface area contributed by atoms with Gasteiger partial charge in [0.2, 0.25) is 5.91 Å². The zero-order chi connectivity index (χ0) is 12.3. The van der Waals surface area contributed by atoms with Crippen LogP contribution in [0.25, 0.3) is 0 Å². The quantitative estimate of drug-likeness (QED) is 0.741. The number of H-pyrrole nitrogens is 1. The highest BCUT2D eigenvalue weighted by Gasteiger charge is 2.34. The number of carbonyl (C=O) groups excluding carboxylic acids is 1. The highest BCUT2D eigenvalue weighted by molar-refractivity contribution is 5.94. The highest BCUT2D eigenvalue weighted by Crippen LogP contribution is 2.26. The molecule has 5 nitrogen and oxygen atoms in total. The Labute approximate surface area is 101 Å². The number of rotatable bonds is 3. The Hall–Kier alpha value is -1.36. The summed E-state index contributed by atoms with van der Waals surface area (Å²) in [4.78, 5) is 12.2. The number of nitrogens with one attached hydrogen (secondary N) is 3. The monoisotopic (exact) mass is 236 g/mol. The van der Waals surface area contributed by atoms with Crippen LogP contribution in [0.15, 0.2) is 6.07 Å². The average Bonchev–Trinajstić information content (AvgIpc) is 2.78. The van der Waals surface area contributed by atoms with E-state index in [4.69, 9.17) is 0 Å². The molecule has 0 saturated carbocycles. The zero-order valence-corrected chi connectivity index (χ0v) is 10.5. The molecular formula is C12H20N4O. The Kier molecular flexibility index (Phi) is 3.47. The van der Waals surface area contributed by atoms with Gasteiger partial charge in [-0.2, -0.15) is 5.10 Å². The van der Waals surface area contributed by atoms with Crippen molar-refractivity contribution in [2.75, 3.05) is 18.4 Å². The van der Waals surface area contributed by atoms with Gasteiger partial charge in [-0.15, -0.1) is 0 Å². The van der Waals surface area contributed by atoms with Crippen molar-refractivity contribution in [3.8, 4) is 0 Å². The van der Waals surface area contributed by atoms with E-state index < -0.39 is 0 Å².